The lowest BCUT2D eigenvalue weighted by Crippen LogP contribution is -2.10. The van der Waals surface area contributed by atoms with Crippen LogP contribution in [0.15, 0.2) is 54.6 Å². The molecule has 0 saturated carbocycles. The normalized spacial score (nSPS) is 11.1. The van der Waals surface area contributed by atoms with Crippen molar-refractivity contribution in [1.29, 1.82) is 0 Å². The Bertz CT molecular complexity index is 704. The minimum Gasteiger partial charge on any atom is -0.380 e. The van der Waals surface area contributed by atoms with Crippen LogP contribution in [-0.2, 0) is 17.7 Å². The SMILES string of the molecule is CCOCCn1c(Cc2ccccc2)nc2ccccc21. The number of benzene rings is 2. The van der Waals surface area contributed by atoms with Gasteiger partial charge in [0.05, 0.1) is 17.6 Å². The molecule has 1 aromatic heterocycles. The van der Waals surface area contributed by atoms with Gasteiger partial charge in [-0.05, 0) is 24.6 Å². The van der Waals surface area contributed by atoms with E-state index in [9.17, 15) is 0 Å². The molecule has 21 heavy (non-hydrogen) atoms. The average Bonchev–Trinajstić information content (AvgIpc) is 2.86. The van der Waals surface area contributed by atoms with Gasteiger partial charge in [0.1, 0.15) is 5.82 Å². The Balaban J connectivity index is 1.94. The molecule has 3 aromatic rings. The Kier molecular flexibility index (Phi) is 4.31. The van der Waals surface area contributed by atoms with E-state index in [0.29, 0.717) is 0 Å². The molecule has 1 heterocycles. The first-order chi connectivity index (χ1) is 10.4. The lowest BCUT2D eigenvalue weighted by atomic mass is 10.1. The second-order valence-corrected chi connectivity index (χ2v) is 5.03. The Morgan fingerprint density at radius 2 is 1.76 bits per heavy atom. The first-order valence-corrected chi connectivity index (χ1v) is 7.44. The lowest BCUT2D eigenvalue weighted by molar-refractivity contribution is 0.139. The predicted molar refractivity (Wildman–Crippen MR) is 85.5 cm³/mol. The van der Waals surface area contributed by atoms with Crippen LogP contribution in [0.1, 0.15) is 18.3 Å². The van der Waals surface area contributed by atoms with E-state index in [0.717, 1.165) is 37.5 Å². The standard InChI is InChI=1S/C18H20N2O/c1-2-21-13-12-20-17-11-7-6-10-16(17)19-18(20)14-15-8-4-3-5-9-15/h3-11H,2,12-14H2,1H3. The van der Waals surface area contributed by atoms with Crippen molar-refractivity contribution in [2.45, 2.75) is 19.9 Å². The number of hydrogen-bond donors (Lipinski definition) is 0. The lowest BCUT2D eigenvalue weighted by Gasteiger charge is -2.09. The number of ether oxygens (including phenoxy) is 1. The number of fused-ring (bicyclic) bond motifs is 1. The quantitative estimate of drug-likeness (QED) is 0.644. The van der Waals surface area contributed by atoms with Crippen molar-refractivity contribution in [1.82, 2.24) is 9.55 Å². The van der Waals surface area contributed by atoms with E-state index in [4.69, 9.17) is 9.72 Å². The van der Waals surface area contributed by atoms with E-state index in [1.165, 1.54) is 11.1 Å². The van der Waals surface area contributed by atoms with Gasteiger partial charge in [0.15, 0.2) is 0 Å². The summed E-state index contributed by atoms with van der Waals surface area (Å²) in [6.07, 6.45) is 0.849. The molecule has 0 aliphatic rings. The van der Waals surface area contributed by atoms with Gasteiger partial charge in [-0.1, -0.05) is 42.5 Å². The van der Waals surface area contributed by atoms with Crippen LogP contribution in [0.3, 0.4) is 0 Å². The topological polar surface area (TPSA) is 27.1 Å². The summed E-state index contributed by atoms with van der Waals surface area (Å²) >= 11 is 0. The van der Waals surface area contributed by atoms with Crippen LogP contribution in [0.4, 0.5) is 0 Å². The third kappa shape index (κ3) is 3.14. The summed E-state index contributed by atoms with van der Waals surface area (Å²) in [5.41, 5.74) is 3.52. The molecule has 108 valence electrons. The van der Waals surface area contributed by atoms with Crippen LogP contribution in [0.25, 0.3) is 11.0 Å². The zero-order valence-corrected chi connectivity index (χ0v) is 12.3. The monoisotopic (exact) mass is 280 g/mol. The molecule has 0 amide bonds. The maximum absolute atomic E-state index is 5.51. The van der Waals surface area contributed by atoms with Crippen molar-refractivity contribution in [3.05, 3.63) is 66.0 Å². The van der Waals surface area contributed by atoms with Crippen molar-refractivity contribution < 1.29 is 4.74 Å². The highest BCUT2D eigenvalue weighted by molar-refractivity contribution is 5.76. The fourth-order valence-electron chi connectivity index (χ4n) is 2.59. The van der Waals surface area contributed by atoms with Crippen molar-refractivity contribution >= 4 is 11.0 Å². The van der Waals surface area contributed by atoms with Crippen molar-refractivity contribution in [3.8, 4) is 0 Å². The van der Waals surface area contributed by atoms with Gasteiger partial charge in [0, 0.05) is 19.6 Å². The van der Waals surface area contributed by atoms with E-state index in [1.54, 1.807) is 0 Å². The van der Waals surface area contributed by atoms with Crippen LogP contribution in [0.5, 0.6) is 0 Å². The number of nitrogens with zero attached hydrogens (tertiary/aromatic N) is 2. The highest BCUT2D eigenvalue weighted by atomic mass is 16.5. The van der Waals surface area contributed by atoms with Gasteiger partial charge in [0.2, 0.25) is 0 Å². The second-order valence-electron chi connectivity index (χ2n) is 5.03. The summed E-state index contributed by atoms with van der Waals surface area (Å²) < 4.78 is 7.79. The average molecular weight is 280 g/mol. The van der Waals surface area contributed by atoms with Gasteiger partial charge in [-0.2, -0.15) is 0 Å². The van der Waals surface area contributed by atoms with Gasteiger partial charge >= 0.3 is 0 Å². The van der Waals surface area contributed by atoms with E-state index in [1.807, 2.05) is 19.1 Å². The maximum atomic E-state index is 5.51. The Morgan fingerprint density at radius 1 is 1.00 bits per heavy atom. The van der Waals surface area contributed by atoms with Crippen LogP contribution < -0.4 is 0 Å². The number of para-hydroxylation sites is 2. The van der Waals surface area contributed by atoms with Gasteiger partial charge < -0.3 is 9.30 Å². The van der Waals surface area contributed by atoms with Crippen LogP contribution in [-0.4, -0.2) is 22.8 Å². The molecule has 0 spiro atoms. The van der Waals surface area contributed by atoms with E-state index in [-0.39, 0.29) is 0 Å². The molecule has 0 aliphatic carbocycles. The highest BCUT2D eigenvalue weighted by Crippen LogP contribution is 2.18. The zero-order chi connectivity index (χ0) is 14.5. The Morgan fingerprint density at radius 3 is 2.57 bits per heavy atom. The van der Waals surface area contributed by atoms with E-state index in [2.05, 4.69) is 47.0 Å². The van der Waals surface area contributed by atoms with Gasteiger partial charge in [-0.15, -0.1) is 0 Å². The van der Waals surface area contributed by atoms with E-state index < -0.39 is 0 Å². The van der Waals surface area contributed by atoms with Gasteiger partial charge in [0.25, 0.3) is 0 Å². The molecule has 0 atom stereocenters. The minimum atomic E-state index is 0.721. The molecule has 0 fully saturated rings. The molecule has 0 N–H and O–H groups in total. The number of aromatic nitrogens is 2. The first kappa shape index (κ1) is 13.8. The highest BCUT2D eigenvalue weighted by Gasteiger charge is 2.10. The summed E-state index contributed by atoms with van der Waals surface area (Å²) in [4.78, 5) is 4.79. The van der Waals surface area contributed by atoms with Crippen LogP contribution >= 0.6 is 0 Å². The third-order valence-electron chi connectivity index (χ3n) is 3.60. The molecule has 0 bridgehead atoms. The third-order valence-corrected chi connectivity index (χ3v) is 3.60. The molecule has 3 nitrogen and oxygen atoms in total. The summed E-state index contributed by atoms with van der Waals surface area (Å²) in [6.45, 7) is 4.34. The minimum absolute atomic E-state index is 0.721. The summed E-state index contributed by atoms with van der Waals surface area (Å²) in [6, 6.07) is 18.8. The van der Waals surface area contributed by atoms with Gasteiger partial charge in [-0.3, -0.25) is 0 Å². The van der Waals surface area contributed by atoms with Crippen molar-refractivity contribution in [3.63, 3.8) is 0 Å². The predicted octanol–water partition coefficient (Wildman–Crippen LogP) is 3.66. The molecule has 2 aromatic carbocycles. The summed E-state index contributed by atoms with van der Waals surface area (Å²) in [5.74, 6) is 1.10. The molecule has 0 saturated heterocycles. The van der Waals surface area contributed by atoms with Crippen LogP contribution in [0.2, 0.25) is 0 Å². The summed E-state index contributed by atoms with van der Waals surface area (Å²) in [5, 5.41) is 0. The zero-order valence-electron chi connectivity index (χ0n) is 12.3. The first-order valence-electron chi connectivity index (χ1n) is 7.44. The van der Waals surface area contributed by atoms with Crippen LogP contribution in [0, 0.1) is 0 Å². The van der Waals surface area contributed by atoms with E-state index >= 15 is 0 Å². The fourth-order valence-corrected chi connectivity index (χ4v) is 2.59. The van der Waals surface area contributed by atoms with Gasteiger partial charge in [-0.25, -0.2) is 4.98 Å². The molecule has 3 rings (SSSR count). The molecule has 0 radical (unpaired) electrons. The molecule has 3 heteroatoms. The second kappa shape index (κ2) is 6.55. The number of imidazole rings is 1. The smallest absolute Gasteiger partial charge is 0.114 e. The largest absolute Gasteiger partial charge is 0.380 e. The number of rotatable bonds is 6. The molecular formula is C18H20N2O. The van der Waals surface area contributed by atoms with Crippen molar-refractivity contribution in [2.24, 2.45) is 0 Å². The molecule has 0 unspecified atom stereocenters. The number of hydrogen-bond acceptors (Lipinski definition) is 2. The van der Waals surface area contributed by atoms with Crippen molar-refractivity contribution in [2.75, 3.05) is 13.2 Å². The summed E-state index contributed by atoms with van der Waals surface area (Å²) in [7, 11) is 0. The maximum Gasteiger partial charge on any atom is 0.114 e. The Hall–Kier alpha value is -2.13. The fraction of sp³-hybridized carbons (Fsp3) is 0.278. The Labute approximate surface area is 125 Å². The molecular weight excluding hydrogens is 260 g/mol. The molecule has 0 aliphatic heterocycles.